The van der Waals surface area contributed by atoms with Crippen LogP contribution >= 0.6 is 0 Å². The molecule has 0 spiro atoms. The van der Waals surface area contributed by atoms with Gasteiger partial charge in [0, 0.05) is 12.0 Å². The van der Waals surface area contributed by atoms with E-state index in [0.717, 1.165) is 53.2 Å². The first-order chi connectivity index (χ1) is 15.6. The number of benzene rings is 3. The van der Waals surface area contributed by atoms with Crippen molar-refractivity contribution in [3.63, 3.8) is 0 Å². The van der Waals surface area contributed by atoms with Gasteiger partial charge in [0.05, 0.1) is 12.3 Å². The summed E-state index contributed by atoms with van der Waals surface area (Å²) in [5, 5.41) is 9.80. The van der Waals surface area contributed by atoms with Gasteiger partial charge in [0.1, 0.15) is 17.3 Å². The number of oxazole rings is 1. The molecule has 0 unspecified atom stereocenters. The van der Waals surface area contributed by atoms with Crippen LogP contribution in [0.1, 0.15) is 36.8 Å². The van der Waals surface area contributed by atoms with E-state index < -0.39 is 0 Å². The maximum absolute atomic E-state index is 9.80. The Morgan fingerprint density at radius 2 is 1.66 bits per heavy atom. The number of unbranched alkanes of at least 4 members (excludes halogenated alkanes) is 1. The summed E-state index contributed by atoms with van der Waals surface area (Å²) in [6.07, 6.45) is 3.71. The molecule has 4 rings (SSSR count). The fourth-order valence-electron chi connectivity index (χ4n) is 3.77. The first-order valence-electron chi connectivity index (χ1n) is 11.2. The Kier molecular flexibility index (Phi) is 6.90. The first kappa shape index (κ1) is 21.7. The van der Waals surface area contributed by atoms with Crippen molar-refractivity contribution in [2.45, 2.75) is 39.5 Å². The maximum Gasteiger partial charge on any atom is 0.226 e. The summed E-state index contributed by atoms with van der Waals surface area (Å²) < 4.78 is 12.0. The molecule has 4 heteroatoms. The van der Waals surface area contributed by atoms with E-state index in [1.165, 1.54) is 5.56 Å². The van der Waals surface area contributed by atoms with Gasteiger partial charge in [-0.1, -0.05) is 55.8 Å². The monoisotopic (exact) mass is 427 g/mol. The molecule has 0 bridgehead atoms. The van der Waals surface area contributed by atoms with Crippen LogP contribution in [0.25, 0.3) is 22.6 Å². The largest absolute Gasteiger partial charge is 0.508 e. The van der Waals surface area contributed by atoms with Gasteiger partial charge in [0.15, 0.2) is 0 Å². The summed E-state index contributed by atoms with van der Waals surface area (Å²) in [6.45, 7) is 4.60. The van der Waals surface area contributed by atoms with Gasteiger partial charge < -0.3 is 14.3 Å². The van der Waals surface area contributed by atoms with Crippen molar-refractivity contribution in [2.75, 3.05) is 6.61 Å². The summed E-state index contributed by atoms with van der Waals surface area (Å²) in [5.74, 6) is 2.54. The maximum atomic E-state index is 9.80. The van der Waals surface area contributed by atoms with Crippen LogP contribution in [-0.2, 0) is 12.8 Å². The van der Waals surface area contributed by atoms with E-state index in [-0.39, 0.29) is 5.75 Å². The molecule has 0 aliphatic rings. The number of hydrogen-bond acceptors (Lipinski definition) is 4. The van der Waals surface area contributed by atoms with Crippen LogP contribution in [-0.4, -0.2) is 16.7 Å². The predicted molar refractivity (Wildman–Crippen MR) is 128 cm³/mol. The molecule has 0 saturated heterocycles. The van der Waals surface area contributed by atoms with Gasteiger partial charge in [0.25, 0.3) is 0 Å². The van der Waals surface area contributed by atoms with Crippen LogP contribution in [0.15, 0.2) is 77.2 Å². The predicted octanol–water partition coefficient (Wildman–Crippen LogP) is 6.99. The molecule has 4 aromatic rings. The zero-order valence-electron chi connectivity index (χ0n) is 18.7. The number of ether oxygens (including phenoxy) is 1. The van der Waals surface area contributed by atoms with Crippen molar-refractivity contribution in [1.29, 1.82) is 0 Å². The van der Waals surface area contributed by atoms with Crippen LogP contribution in [0.4, 0.5) is 0 Å². The van der Waals surface area contributed by atoms with Crippen molar-refractivity contribution in [2.24, 2.45) is 0 Å². The fraction of sp³-hybridized carbons (Fsp3) is 0.250. The van der Waals surface area contributed by atoms with Crippen LogP contribution in [0.2, 0.25) is 0 Å². The van der Waals surface area contributed by atoms with Crippen LogP contribution in [0.5, 0.6) is 11.5 Å². The zero-order chi connectivity index (χ0) is 22.3. The molecule has 0 aliphatic heterocycles. The molecule has 1 N–H and O–H groups in total. The summed E-state index contributed by atoms with van der Waals surface area (Å²) in [5.41, 5.74) is 5.21. The molecule has 0 atom stereocenters. The Hall–Kier alpha value is -3.53. The molecule has 0 radical (unpaired) electrons. The molecule has 0 aliphatic carbocycles. The number of aromatic hydroxyl groups is 1. The number of aryl methyl sites for hydroxylation is 2. The third-order valence-corrected chi connectivity index (χ3v) is 5.55. The summed E-state index contributed by atoms with van der Waals surface area (Å²) >= 11 is 0. The van der Waals surface area contributed by atoms with Gasteiger partial charge in [-0.25, -0.2) is 4.98 Å². The van der Waals surface area contributed by atoms with Crippen molar-refractivity contribution >= 4 is 0 Å². The lowest BCUT2D eigenvalue weighted by Gasteiger charge is -2.11. The zero-order valence-corrected chi connectivity index (χ0v) is 18.7. The molecule has 0 saturated carbocycles. The highest BCUT2D eigenvalue weighted by Gasteiger charge is 2.13. The highest BCUT2D eigenvalue weighted by molar-refractivity contribution is 5.69. The topological polar surface area (TPSA) is 55.5 Å². The molecule has 164 valence electrons. The molecule has 4 nitrogen and oxygen atoms in total. The van der Waals surface area contributed by atoms with Gasteiger partial charge in [-0.15, -0.1) is 0 Å². The van der Waals surface area contributed by atoms with E-state index in [2.05, 4.69) is 31.2 Å². The Morgan fingerprint density at radius 1 is 0.875 bits per heavy atom. The van der Waals surface area contributed by atoms with Gasteiger partial charge >= 0.3 is 0 Å². The lowest BCUT2D eigenvalue weighted by Crippen LogP contribution is -2.04. The molecule has 0 amide bonds. The summed E-state index contributed by atoms with van der Waals surface area (Å²) in [4.78, 5) is 4.75. The lowest BCUT2D eigenvalue weighted by atomic mass is 10.0. The normalized spacial score (nSPS) is 10.9. The number of nitrogens with zero attached hydrogens (tertiary/aromatic N) is 1. The molecule has 1 aromatic heterocycles. The average molecular weight is 428 g/mol. The second kappa shape index (κ2) is 10.2. The highest BCUT2D eigenvalue weighted by Crippen LogP contribution is 2.28. The SMILES string of the molecule is CCCCc1cc(O)ccc1OCCc1nc(-c2cccc(-c3ccccc3)c2)oc1C. The summed E-state index contributed by atoms with van der Waals surface area (Å²) in [7, 11) is 0. The van der Waals surface area contributed by atoms with E-state index >= 15 is 0 Å². The Morgan fingerprint density at radius 3 is 2.47 bits per heavy atom. The minimum atomic E-state index is 0.276. The fourth-order valence-corrected chi connectivity index (χ4v) is 3.77. The van der Waals surface area contributed by atoms with Gasteiger partial charge in [0.2, 0.25) is 5.89 Å². The molecule has 3 aromatic carbocycles. The number of aromatic nitrogens is 1. The van der Waals surface area contributed by atoms with Crippen molar-refractivity contribution < 1.29 is 14.3 Å². The minimum Gasteiger partial charge on any atom is -0.508 e. The van der Waals surface area contributed by atoms with Crippen LogP contribution < -0.4 is 4.74 Å². The highest BCUT2D eigenvalue weighted by atomic mass is 16.5. The second-order valence-electron chi connectivity index (χ2n) is 7.96. The summed E-state index contributed by atoms with van der Waals surface area (Å²) in [6, 6.07) is 23.9. The number of phenols is 1. The van der Waals surface area contributed by atoms with E-state index in [1.807, 2.05) is 43.3 Å². The average Bonchev–Trinajstić information content (AvgIpc) is 3.20. The van der Waals surface area contributed by atoms with E-state index in [0.29, 0.717) is 18.9 Å². The number of phenolic OH excluding ortho intramolecular Hbond substituents is 1. The number of rotatable bonds is 9. The van der Waals surface area contributed by atoms with Crippen LogP contribution in [0.3, 0.4) is 0 Å². The Bertz CT molecular complexity index is 1160. The minimum absolute atomic E-state index is 0.276. The molecular formula is C28H29NO3. The van der Waals surface area contributed by atoms with E-state index in [1.54, 1.807) is 12.1 Å². The van der Waals surface area contributed by atoms with Crippen molar-refractivity contribution in [1.82, 2.24) is 4.98 Å². The van der Waals surface area contributed by atoms with E-state index in [4.69, 9.17) is 14.1 Å². The Balaban J connectivity index is 1.45. The first-order valence-corrected chi connectivity index (χ1v) is 11.2. The smallest absolute Gasteiger partial charge is 0.226 e. The van der Waals surface area contributed by atoms with Gasteiger partial charge in [-0.3, -0.25) is 0 Å². The van der Waals surface area contributed by atoms with Gasteiger partial charge in [-0.2, -0.15) is 0 Å². The Labute approximate surface area is 189 Å². The van der Waals surface area contributed by atoms with Crippen LogP contribution in [0, 0.1) is 6.92 Å². The second-order valence-corrected chi connectivity index (χ2v) is 7.96. The molecular weight excluding hydrogens is 398 g/mol. The third kappa shape index (κ3) is 5.20. The molecule has 1 heterocycles. The van der Waals surface area contributed by atoms with Gasteiger partial charge in [-0.05, 0) is 66.8 Å². The third-order valence-electron chi connectivity index (χ3n) is 5.55. The molecule has 0 fully saturated rings. The standard InChI is InChI=1S/C28H29NO3/c1-3-4-9-23-19-25(30)14-15-27(23)31-17-16-26-20(2)32-28(29-26)24-13-8-12-22(18-24)21-10-6-5-7-11-21/h5-8,10-15,18-19,30H,3-4,9,16-17H2,1-2H3. The number of hydrogen-bond donors (Lipinski definition) is 1. The quantitative estimate of drug-likeness (QED) is 0.313. The lowest BCUT2D eigenvalue weighted by molar-refractivity contribution is 0.315. The van der Waals surface area contributed by atoms with E-state index in [9.17, 15) is 5.11 Å². The molecule has 32 heavy (non-hydrogen) atoms. The van der Waals surface area contributed by atoms with Crippen molar-refractivity contribution in [3.05, 3.63) is 89.8 Å². The van der Waals surface area contributed by atoms with Crippen molar-refractivity contribution in [3.8, 4) is 34.1 Å².